The molecule has 3 aliphatic heterocycles. The van der Waals surface area contributed by atoms with Crippen molar-refractivity contribution in [3.05, 3.63) is 0 Å². The number of hydrogen-bond acceptors (Lipinski definition) is 4. The fourth-order valence-electron chi connectivity index (χ4n) is 4.22. The number of amides is 4. The van der Waals surface area contributed by atoms with Gasteiger partial charge in [0.05, 0.1) is 0 Å². The maximum atomic E-state index is 12.7. The summed E-state index contributed by atoms with van der Waals surface area (Å²) in [4.78, 5) is 42.6. The molecule has 0 aromatic carbocycles. The van der Waals surface area contributed by atoms with E-state index in [-0.39, 0.29) is 17.9 Å². The van der Waals surface area contributed by atoms with Crippen LogP contribution in [0.2, 0.25) is 0 Å². The van der Waals surface area contributed by atoms with Gasteiger partial charge in [0.15, 0.2) is 0 Å². The standard InChI is InChI=1S/C19H32N4O3/c1-19(2)17(25)23(18(26)20-19)14-13-21-11-7-15(8-12-21)16(24)22-9-5-3-4-6-10-22/h15H,3-14H2,1-2H3,(H,20,26). The molecule has 0 aromatic heterocycles. The molecule has 0 bridgehead atoms. The molecule has 1 N–H and O–H groups in total. The smallest absolute Gasteiger partial charge is 0.325 e. The van der Waals surface area contributed by atoms with Crippen molar-refractivity contribution in [1.29, 1.82) is 0 Å². The number of urea groups is 1. The van der Waals surface area contributed by atoms with Crippen molar-refractivity contribution >= 4 is 17.8 Å². The van der Waals surface area contributed by atoms with E-state index in [0.717, 1.165) is 51.9 Å². The third kappa shape index (κ3) is 4.19. The fraction of sp³-hybridized carbons (Fsp3) is 0.842. The van der Waals surface area contributed by atoms with E-state index >= 15 is 0 Å². The van der Waals surface area contributed by atoms with Crippen LogP contribution in [0.4, 0.5) is 4.79 Å². The number of nitrogens with one attached hydrogen (secondary N) is 1. The molecular weight excluding hydrogens is 332 g/mol. The first-order chi connectivity index (χ1) is 12.4. The number of hydrogen-bond donors (Lipinski definition) is 1. The first-order valence-electron chi connectivity index (χ1n) is 10.0. The van der Waals surface area contributed by atoms with Crippen LogP contribution in [-0.4, -0.2) is 77.4 Å². The Morgan fingerprint density at radius 2 is 1.62 bits per heavy atom. The molecule has 3 fully saturated rings. The lowest BCUT2D eigenvalue weighted by atomic mass is 9.95. The van der Waals surface area contributed by atoms with Crippen LogP contribution in [0.3, 0.4) is 0 Å². The van der Waals surface area contributed by atoms with E-state index in [9.17, 15) is 14.4 Å². The second-order valence-electron chi connectivity index (χ2n) is 8.37. The van der Waals surface area contributed by atoms with Crippen LogP contribution >= 0.6 is 0 Å². The molecule has 7 heteroatoms. The van der Waals surface area contributed by atoms with Crippen molar-refractivity contribution in [2.45, 2.75) is 57.9 Å². The lowest BCUT2D eigenvalue weighted by Crippen LogP contribution is -2.46. The van der Waals surface area contributed by atoms with Crippen LogP contribution in [0.15, 0.2) is 0 Å². The molecule has 0 spiro atoms. The van der Waals surface area contributed by atoms with Crippen LogP contribution in [0.5, 0.6) is 0 Å². The maximum absolute atomic E-state index is 12.7. The lowest BCUT2D eigenvalue weighted by molar-refractivity contribution is -0.137. The van der Waals surface area contributed by atoms with Gasteiger partial charge in [-0.3, -0.25) is 14.5 Å². The van der Waals surface area contributed by atoms with Gasteiger partial charge < -0.3 is 15.1 Å². The second kappa shape index (κ2) is 7.94. The zero-order chi connectivity index (χ0) is 18.7. The summed E-state index contributed by atoms with van der Waals surface area (Å²) in [6.45, 7) is 8.11. The van der Waals surface area contributed by atoms with E-state index in [2.05, 4.69) is 15.1 Å². The van der Waals surface area contributed by atoms with E-state index in [4.69, 9.17) is 0 Å². The molecule has 26 heavy (non-hydrogen) atoms. The molecule has 0 radical (unpaired) electrons. The number of rotatable bonds is 4. The monoisotopic (exact) mass is 364 g/mol. The predicted molar refractivity (Wildman–Crippen MR) is 98.5 cm³/mol. The van der Waals surface area contributed by atoms with Crippen LogP contribution in [-0.2, 0) is 9.59 Å². The van der Waals surface area contributed by atoms with Gasteiger partial charge in [0, 0.05) is 32.1 Å². The van der Waals surface area contributed by atoms with E-state index in [1.54, 1.807) is 13.8 Å². The van der Waals surface area contributed by atoms with Crippen molar-refractivity contribution in [2.24, 2.45) is 5.92 Å². The summed E-state index contributed by atoms with van der Waals surface area (Å²) in [7, 11) is 0. The van der Waals surface area contributed by atoms with Gasteiger partial charge in [-0.2, -0.15) is 0 Å². The van der Waals surface area contributed by atoms with Gasteiger partial charge in [0.25, 0.3) is 5.91 Å². The van der Waals surface area contributed by atoms with Gasteiger partial charge in [-0.15, -0.1) is 0 Å². The Labute approximate surface area is 156 Å². The molecule has 3 aliphatic rings. The largest absolute Gasteiger partial charge is 0.342 e. The Hall–Kier alpha value is -1.63. The van der Waals surface area contributed by atoms with Gasteiger partial charge in [0.2, 0.25) is 5.91 Å². The highest BCUT2D eigenvalue weighted by molar-refractivity contribution is 6.06. The normalized spacial score (nSPS) is 25.3. The van der Waals surface area contributed by atoms with Crippen LogP contribution in [0.1, 0.15) is 52.4 Å². The van der Waals surface area contributed by atoms with Crippen LogP contribution in [0.25, 0.3) is 0 Å². The van der Waals surface area contributed by atoms with Gasteiger partial charge in [-0.25, -0.2) is 4.79 Å². The SMILES string of the molecule is CC1(C)NC(=O)N(CCN2CCC(C(=O)N3CCCCCC3)CC2)C1=O. The highest BCUT2D eigenvalue weighted by Gasteiger charge is 2.44. The molecule has 4 amide bonds. The van der Waals surface area contributed by atoms with Crippen LogP contribution in [0, 0.1) is 5.92 Å². The van der Waals surface area contributed by atoms with Crippen LogP contribution < -0.4 is 5.32 Å². The average Bonchev–Trinajstić information content (AvgIpc) is 2.83. The third-order valence-corrected chi connectivity index (χ3v) is 5.94. The average molecular weight is 364 g/mol. The Morgan fingerprint density at radius 3 is 2.15 bits per heavy atom. The second-order valence-corrected chi connectivity index (χ2v) is 8.37. The van der Waals surface area contributed by atoms with Crippen molar-refractivity contribution in [1.82, 2.24) is 20.0 Å². The summed E-state index contributed by atoms with van der Waals surface area (Å²) in [6, 6.07) is -0.300. The minimum absolute atomic E-state index is 0.139. The van der Waals surface area contributed by atoms with E-state index in [0.29, 0.717) is 19.0 Å². The van der Waals surface area contributed by atoms with E-state index < -0.39 is 5.54 Å². The molecule has 0 atom stereocenters. The predicted octanol–water partition coefficient (Wildman–Crippen LogP) is 1.43. The van der Waals surface area contributed by atoms with Crippen molar-refractivity contribution < 1.29 is 14.4 Å². The highest BCUT2D eigenvalue weighted by atomic mass is 16.2. The molecule has 3 heterocycles. The Balaban J connectivity index is 1.43. The molecule has 3 rings (SSSR count). The Bertz CT molecular complexity index is 547. The quantitative estimate of drug-likeness (QED) is 0.766. The number of likely N-dealkylation sites (tertiary alicyclic amines) is 2. The highest BCUT2D eigenvalue weighted by Crippen LogP contribution is 2.22. The first-order valence-corrected chi connectivity index (χ1v) is 10.0. The summed E-state index contributed by atoms with van der Waals surface area (Å²) in [6.07, 6.45) is 6.49. The lowest BCUT2D eigenvalue weighted by Gasteiger charge is -2.34. The number of carbonyl (C=O) groups is 3. The Kier molecular flexibility index (Phi) is 5.85. The zero-order valence-electron chi connectivity index (χ0n) is 16.1. The molecule has 0 aliphatic carbocycles. The summed E-state index contributed by atoms with van der Waals surface area (Å²) < 4.78 is 0. The van der Waals surface area contributed by atoms with E-state index in [1.165, 1.54) is 17.7 Å². The number of carbonyl (C=O) groups excluding carboxylic acids is 3. The number of nitrogens with zero attached hydrogens (tertiary/aromatic N) is 3. The minimum Gasteiger partial charge on any atom is -0.342 e. The molecule has 7 nitrogen and oxygen atoms in total. The molecular formula is C19H32N4O3. The molecule has 146 valence electrons. The van der Waals surface area contributed by atoms with Crippen molar-refractivity contribution in [3.8, 4) is 0 Å². The topological polar surface area (TPSA) is 73.0 Å². The summed E-state index contributed by atoms with van der Waals surface area (Å²) in [5.41, 5.74) is -0.802. The zero-order valence-corrected chi connectivity index (χ0v) is 16.1. The van der Waals surface area contributed by atoms with Gasteiger partial charge in [-0.05, 0) is 52.6 Å². The molecule has 0 aromatic rings. The summed E-state index contributed by atoms with van der Waals surface area (Å²) in [5, 5.41) is 2.71. The summed E-state index contributed by atoms with van der Waals surface area (Å²) in [5.74, 6) is 0.316. The van der Waals surface area contributed by atoms with Crippen molar-refractivity contribution in [3.63, 3.8) is 0 Å². The van der Waals surface area contributed by atoms with Crippen molar-refractivity contribution in [2.75, 3.05) is 39.3 Å². The third-order valence-electron chi connectivity index (χ3n) is 5.94. The number of imide groups is 1. The fourth-order valence-corrected chi connectivity index (χ4v) is 4.22. The molecule has 0 unspecified atom stereocenters. The van der Waals surface area contributed by atoms with Gasteiger partial charge in [0.1, 0.15) is 5.54 Å². The molecule has 3 saturated heterocycles. The first kappa shape index (κ1) is 19.1. The van der Waals surface area contributed by atoms with Gasteiger partial charge >= 0.3 is 6.03 Å². The minimum atomic E-state index is -0.802. The molecule has 0 saturated carbocycles. The Morgan fingerprint density at radius 1 is 1.00 bits per heavy atom. The van der Waals surface area contributed by atoms with Gasteiger partial charge in [-0.1, -0.05) is 12.8 Å². The maximum Gasteiger partial charge on any atom is 0.325 e. The number of piperidine rings is 1. The van der Waals surface area contributed by atoms with E-state index in [1.807, 2.05) is 0 Å². The summed E-state index contributed by atoms with van der Waals surface area (Å²) >= 11 is 0.